The van der Waals surface area contributed by atoms with Crippen molar-refractivity contribution in [3.05, 3.63) is 22.4 Å². The molecular formula is C14H23N3S. The first kappa shape index (κ1) is 13.4. The Balaban J connectivity index is 1.81. The molecule has 3 nitrogen and oxygen atoms in total. The Labute approximate surface area is 114 Å². The van der Waals surface area contributed by atoms with E-state index in [2.05, 4.69) is 53.2 Å². The molecule has 1 saturated carbocycles. The minimum atomic E-state index is 0.525. The Morgan fingerprint density at radius 2 is 2.28 bits per heavy atom. The number of hydrogen-bond acceptors (Lipinski definition) is 2. The maximum atomic E-state index is 4.60. The zero-order valence-electron chi connectivity index (χ0n) is 11.5. The average Bonchev–Trinajstić information content (AvgIpc) is 2.77. The van der Waals surface area contributed by atoms with Crippen LogP contribution < -0.4 is 10.6 Å². The Hall–Kier alpha value is -1.03. The molecule has 1 atom stereocenters. The standard InChI is InChI=1S/C14H23N3S/c1-4-15-13(16-8-11-5-6-18-10-11)17-9-12-7-14(12,2)3/h5-6,10,12H,4,7-9H2,1-3H3,(H2,15,16,17). The van der Waals surface area contributed by atoms with Crippen molar-refractivity contribution < 1.29 is 0 Å². The predicted octanol–water partition coefficient (Wildman–Crippen LogP) is 2.85. The third-order valence-electron chi connectivity index (χ3n) is 3.58. The summed E-state index contributed by atoms with van der Waals surface area (Å²) in [6.45, 7) is 9.45. The van der Waals surface area contributed by atoms with Gasteiger partial charge in [-0.2, -0.15) is 11.3 Å². The summed E-state index contributed by atoms with van der Waals surface area (Å²) in [5.74, 6) is 1.73. The fourth-order valence-corrected chi connectivity index (χ4v) is 2.70. The van der Waals surface area contributed by atoms with Gasteiger partial charge in [-0.05, 0) is 47.1 Å². The van der Waals surface area contributed by atoms with Crippen molar-refractivity contribution in [3.8, 4) is 0 Å². The highest BCUT2D eigenvalue weighted by molar-refractivity contribution is 7.07. The molecule has 1 heterocycles. The van der Waals surface area contributed by atoms with Crippen LogP contribution in [0.4, 0.5) is 0 Å². The fourth-order valence-electron chi connectivity index (χ4n) is 2.04. The molecule has 0 aliphatic heterocycles. The molecule has 1 aromatic heterocycles. The first-order valence-corrected chi connectivity index (χ1v) is 7.59. The molecule has 1 aliphatic rings. The predicted molar refractivity (Wildman–Crippen MR) is 79.0 cm³/mol. The van der Waals surface area contributed by atoms with E-state index in [0.29, 0.717) is 5.41 Å². The lowest BCUT2D eigenvalue weighted by molar-refractivity contribution is 0.548. The Bertz CT molecular complexity index is 395. The summed E-state index contributed by atoms with van der Waals surface area (Å²) >= 11 is 1.72. The second-order valence-corrected chi connectivity index (χ2v) is 6.38. The zero-order chi connectivity index (χ0) is 13.0. The van der Waals surface area contributed by atoms with Crippen molar-refractivity contribution in [1.29, 1.82) is 0 Å². The summed E-state index contributed by atoms with van der Waals surface area (Å²) in [6.07, 6.45) is 1.32. The van der Waals surface area contributed by atoms with E-state index >= 15 is 0 Å². The molecule has 1 aliphatic carbocycles. The topological polar surface area (TPSA) is 36.4 Å². The van der Waals surface area contributed by atoms with E-state index in [0.717, 1.165) is 31.5 Å². The highest BCUT2D eigenvalue weighted by Gasteiger charge is 2.45. The van der Waals surface area contributed by atoms with Crippen molar-refractivity contribution in [3.63, 3.8) is 0 Å². The number of thiophene rings is 1. The van der Waals surface area contributed by atoms with Crippen LogP contribution in [-0.2, 0) is 6.54 Å². The van der Waals surface area contributed by atoms with Crippen LogP contribution in [0.3, 0.4) is 0 Å². The van der Waals surface area contributed by atoms with E-state index in [-0.39, 0.29) is 0 Å². The third kappa shape index (κ3) is 3.73. The number of rotatable bonds is 5. The van der Waals surface area contributed by atoms with Crippen LogP contribution in [0.2, 0.25) is 0 Å². The zero-order valence-corrected chi connectivity index (χ0v) is 12.3. The minimum Gasteiger partial charge on any atom is -0.357 e. The quantitative estimate of drug-likeness (QED) is 0.634. The maximum absolute atomic E-state index is 4.60. The molecule has 1 aromatic rings. The summed E-state index contributed by atoms with van der Waals surface area (Å²) in [6, 6.07) is 2.13. The summed E-state index contributed by atoms with van der Waals surface area (Å²) in [4.78, 5) is 4.60. The molecule has 0 amide bonds. The second-order valence-electron chi connectivity index (χ2n) is 5.60. The molecule has 0 radical (unpaired) electrons. The highest BCUT2D eigenvalue weighted by Crippen LogP contribution is 2.50. The van der Waals surface area contributed by atoms with Crippen LogP contribution in [0.15, 0.2) is 21.8 Å². The van der Waals surface area contributed by atoms with Crippen LogP contribution in [-0.4, -0.2) is 19.0 Å². The molecule has 100 valence electrons. The molecule has 0 bridgehead atoms. The van der Waals surface area contributed by atoms with E-state index in [1.165, 1.54) is 12.0 Å². The van der Waals surface area contributed by atoms with E-state index in [1.54, 1.807) is 11.3 Å². The molecule has 0 spiro atoms. The summed E-state index contributed by atoms with van der Waals surface area (Å²) in [7, 11) is 0. The maximum Gasteiger partial charge on any atom is 0.191 e. The first-order chi connectivity index (χ1) is 8.62. The average molecular weight is 265 g/mol. The van der Waals surface area contributed by atoms with Gasteiger partial charge in [-0.25, -0.2) is 4.99 Å². The van der Waals surface area contributed by atoms with E-state index in [9.17, 15) is 0 Å². The summed E-state index contributed by atoms with van der Waals surface area (Å²) in [5.41, 5.74) is 1.81. The highest BCUT2D eigenvalue weighted by atomic mass is 32.1. The molecular weight excluding hydrogens is 242 g/mol. The molecule has 18 heavy (non-hydrogen) atoms. The number of nitrogens with zero attached hydrogens (tertiary/aromatic N) is 1. The Morgan fingerprint density at radius 1 is 1.50 bits per heavy atom. The van der Waals surface area contributed by atoms with Gasteiger partial charge in [0, 0.05) is 13.1 Å². The normalized spacial score (nSPS) is 21.7. The molecule has 1 fully saturated rings. The van der Waals surface area contributed by atoms with Gasteiger partial charge < -0.3 is 10.6 Å². The van der Waals surface area contributed by atoms with Gasteiger partial charge in [-0.1, -0.05) is 13.8 Å². The third-order valence-corrected chi connectivity index (χ3v) is 4.31. The number of nitrogens with one attached hydrogen (secondary N) is 2. The van der Waals surface area contributed by atoms with Crippen LogP contribution in [0.1, 0.15) is 32.8 Å². The Morgan fingerprint density at radius 3 is 2.83 bits per heavy atom. The largest absolute Gasteiger partial charge is 0.357 e. The molecule has 1 unspecified atom stereocenters. The van der Waals surface area contributed by atoms with Crippen LogP contribution >= 0.6 is 11.3 Å². The van der Waals surface area contributed by atoms with Crippen molar-refractivity contribution >= 4 is 17.3 Å². The minimum absolute atomic E-state index is 0.525. The van der Waals surface area contributed by atoms with Gasteiger partial charge in [-0.15, -0.1) is 0 Å². The lowest BCUT2D eigenvalue weighted by Crippen LogP contribution is -2.38. The SMILES string of the molecule is CCNC(=NCc1ccsc1)NCC1CC1(C)C. The summed E-state index contributed by atoms with van der Waals surface area (Å²) in [5, 5.41) is 11.0. The lowest BCUT2D eigenvalue weighted by Gasteiger charge is -2.11. The fraction of sp³-hybridized carbons (Fsp3) is 0.643. The first-order valence-electron chi connectivity index (χ1n) is 6.65. The molecule has 2 N–H and O–H groups in total. The van der Waals surface area contributed by atoms with Gasteiger partial charge in [0.25, 0.3) is 0 Å². The van der Waals surface area contributed by atoms with Crippen molar-refractivity contribution in [1.82, 2.24) is 10.6 Å². The molecule has 0 aromatic carbocycles. The van der Waals surface area contributed by atoms with E-state index < -0.39 is 0 Å². The van der Waals surface area contributed by atoms with Gasteiger partial charge in [0.2, 0.25) is 0 Å². The number of aliphatic imine (C=N–C) groups is 1. The molecule has 4 heteroatoms. The van der Waals surface area contributed by atoms with Crippen molar-refractivity contribution in [2.45, 2.75) is 33.7 Å². The van der Waals surface area contributed by atoms with E-state index in [4.69, 9.17) is 0 Å². The Kier molecular flexibility index (Phi) is 4.27. The van der Waals surface area contributed by atoms with Gasteiger partial charge in [-0.3, -0.25) is 0 Å². The molecule has 2 rings (SSSR count). The van der Waals surface area contributed by atoms with Crippen molar-refractivity contribution in [2.24, 2.45) is 16.3 Å². The van der Waals surface area contributed by atoms with Gasteiger partial charge in [0.05, 0.1) is 6.54 Å². The number of guanidine groups is 1. The molecule has 0 saturated heterocycles. The summed E-state index contributed by atoms with van der Waals surface area (Å²) < 4.78 is 0. The smallest absolute Gasteiger partial charge is 0.191 e. The van der Waals surface area contributed by atoms with Gasteiger partial charge in [0.1, 0.15) is 0 Å². The van der Waals surface area contributed by atoms with E-state index in [1.807, 2.05) is 0 Å². The van der Waals surface area contributed by atoms with Crippen LogP contribution in [0, 0.1) is 11.3 Å². The van der Waals surface area contributed by atoms with Crippen LogP contribution in [0.25, 0.3) is 0 Å². The monoisotopic (exact) mass is 265 g/mol. The van der Waals surface area contributed by atoms with Crippen LogP contribution in [0.5, 0.6) is 0 Å². The lowest BCUT2D eigenvalue weighted by atomic mass is 10.1. The second kappa shape index (κ2) is 5.74. The van der Waals surface area contributed by atoms with Gasteiger partial charge >= 0.3 is 0 Å². The van der Waals surface area contributed by atoms with Crippen molar-refractivity contribution in [2.75, 3.05) is 13.1 Å². The number of hydrogen-bond donors (Lipinski definition) is 2. The van der Waals surface area contributed by atoms with Gasteiger partial charge in [0.15, 0.2) is 5.96 Å².